The summed E-state index contributed by atoms with van der Waals surface area (Å²) in [4.78, 5) is 0. The Balaban J connectivity index is 2.99. The van der Waals surface area contributed by atoms with Crippen LogP contribution in [0.5, 0.6) is 0 Å². The van der Waals surface area contributed by atoms with Crippen LogP contribution in [0.4, 0.5) is 0 Å². The molecule has 0 saturated heterocycles. The lowest BCUT2D eigenvalue weighted by Crippen LogP contribution is -2.29. The van der Waals surface area contributed by atoms with Crippen LogP contribution in [0.2, 0.25) is 0 Å². The largest absolute Gasteiger partial charge is 0.301 e. The molecule has 2 N–H and O–H groups in total. The van der Waals surface area contributed by atoms with Gasteiger partial charge in [-0.1, -0.05) is 23.8 Å². The van der Waals surface area contributed by atoms with Crippen LogP contribution in [-0.4, -0.2) is 14.1 Å². The van der Waals surface area contributed by atoms with Crippen molar-refractivity contribution in [1.29, 1.82) is 0 Å². The third kappa shape index (κ3) is 2.29. The second-order valence-corrected chi connectivity index (χ2v) is 3.37. The van der Waals surface area contributed by atoms with Crippen molar-refractivity contribution in [3.05, 3.63) is 34.9 Å². The summed E-state index contributed by atoms with van der Waals surface area (Å²) < 4.78 is 0. The van der Waals surface area contributed by atoms with Gasteiger partial charge in [0, 0.05) is 0 Å². The maximum Gasteiger partial charge on any atom is 0.0833 e. The fraction of sp³-hybridized carbons (Fsp3) is 0.455. The van der Waals surface area contributed by atoms with Gasteiger partial charge < -0.3 is 10.6 Å². The third-order valence-electron chi connectivity index (χ3n) is 2.31. The van der Waals surface area contributed by atoms with Crippen LogP contribution >= 0.6 is 0 Å². The summed E-state index contributed by atoms with van der Waals surface area (Å²) in [5, 5.41) is 6.43. The van der Waals surface area contributed by atoms with Crippen molar-refractivity contribution in [1.82, 2.24) is 10.6 Å². The highest BCUT2D eigenvalue weighted by Crippen LogP contribution is 2.16. The molecular formula is C11H18N2. The smallest absolute Gasteiger partial charge is 0.0833 e. The summed E-state index contributed by atoms with van der Waals surface area (Å²) in [6.45, 7) is 4.26. The van der Waals surface area contributed by atoms with Gasteiger partial charge in [0.15, 0.2) is 0 Å². The van der Waals surface area contributed by atoms with Crippen molar-refractivity contribution in [2.24, 2.45) is 0 Å². The Labute approximate surface area is 80.4 Å². The van der Waals surface area contributed by atoms with Crippen molar-refractivity contribution >= 4 is 0 Å². The van der Waals surface area contributed by atoms with Crippen LogP contribution in [0.25, 0.3) is 0 Å². The molecule has 1 aromatic rings. The van der Waals surface area contributed by atoms with Crippen molar-refractivity contribution in [2.45, 2.75) is 20.0 Å². The molecule has 0 heterocycles. The van der Waals surface area contributed by atoms with Crippen LogP contribution in [-0.2, 0) is 0 Å². The molecule has 0 atom stereocenters. The summed E-state index contributed by atoms with van der Waals surface area (Å²) in [5.74, 6) is 0. The molecule has 0 aliphatic heterocycles. The molecule has 1 rings (SSSR count). The number of benzene rings is 1. The third-order valence-corrected chi connectivity index (χ3v) is 2.31. The zero-order valence-corrected chi connectivity index (χ0v) is 8.81. The van der Waals surface area contributed by atoms with Gasteiger partial charge in [-0.15, -0.1) is 0 Å². The van der Waals surface area contributed by atoms with Crippen LogP contribution < -0.4 is 10.6 Å². The Hall–Kier alpha value is -0.860. The molecule has 0 saturated carbocycles. The van der Waals surface area contributed by atoms with E-state index in [1.807, 2.05) is 14.1 Å². The lowest BCUT2D eigenvalue weighted by atomic mass is 10.0. The van der Waals surface area contributed by atoms with Gasteiger partial charge in [-0.3, -0.25) is 0 Å². The quantitative estimate of drug-likeness (QED) is 0.689. The van der Waals surface area contributed by atoms with Crippen molar-refractivity contribution in [2.75, 3.05) is 14.1 Å². The molecule has 0 fully saturated rings. The van der Waals surface area contributed by atoms with E-state index in [9.17, 15) is 0 Å². The van der Waals surface area contributed by atoms with Crippen molar-refractivity contribution in [3.63, 3.8) is 0 Å². The minimum atomic E-state index is 0.251. The Morgan fingerprint density at radius 1 is 1.08 bits per heavy atom. The van der Waals surface area contributed by atoms with Gasteiger partial charge in [0.1, 0.15) is 0 Å². The maximum absolute atomic E-state index is 3.22. The molecule has 2 heteroatoms. The Morgan fingerprint density at radius 3 is 2.15 bits per heavy atom. The van der Waals surface area contributed by atoms with Crippen LogP contribution in [0.15, 0.2) is 18.2 Å². The van der Waals surface area contributed by atoms with Gasteiger partial charge in [0.2, 0.25) is 0 Å². The molecule has 0 bridgehead atoms. The van der Waals surface area contributed by atoms with Crippen LogP contribution in [0, 0.1) is 13.8 Å². The summed E-state index contributed by atoms with van der Waals surface area (Å²) in [6, 6.07) is 6.52. The fourth-order valence-electron chi connectivity index (χ4n) is 1.60. The minimum Gasteiger partial charge on any atom is -0.301 e. The first-order valence-electron chi connectivity index (χ1n) is 4.60. The predicted octanol–water partition coefficient (Wildman–Crippen LogP) is 1.74. The summed E-state index contributed by atoms with van der Waals surface area (Å²) in [6.07, 6.45) is 0.251. The molecule has 0 aliphatic rings. The highest BCUT2D eigenvalue weighted by molar-refractivity contribution is 5.32. The molecule has 0 amide bonds. The minimum absolute atomic E-state index is 0.251. The Morgan fingerprint density at radius 2 is 1.69 bits per heavy atom. The summed E-state index contributed by atoms with van der Waals surface area (Å²) in [7, 11) is 3.92. The second kappa shape index (κ2) is 4.40. The molecular weight excluding hydrogens is 160 g/mol. The van der Waals surface area contributed by atoms with Crippen molar-refractivity contribution < 1.29 is 0 Å². The van der Waals surface area contributed by atoms with E-state index in [1.54, 1.807) is 0 Å². The van der Waals surface area contributed by atoms with Crippen LogP contribution in [0.3, 0.4) is 0 Å². The van der Waals surface area contributed by atoms with Crippen LogP contribution in [0.1, 0.15) is 22.9 Å². The molecule has 2 nitrogen and oxygen atoms in total. The molecule has 72 valence electrons. The maximum atomic E-state index is 3.22. The monoisotopic (exact) mass is 178 g/mol. The number of hydrogen-bond donors (Lipinski definition) is 2. The molecule has 0 aromatic heterocycles. The number of rotatable bonds is 3. The van der Waals surface area contributed by atoms with E-state index in [1.165, 1.54) is 16.7 Å². The van der Waals surface area contributed by atoms with Gasteiger partial charge in [-0.2, -0.15) is 0 Å². The van der Waals surface area contributed by atoms with E-state index in [0.29, 0.717) is 0 Å². The number of hydrogen-bond acceptors (Lipinski definition) is 2. The average Bonchev–Trinajstić information content (AvgIpc) is 2.10. The van der Waals surface area contributed by atoms with Gasteiger partial charge >= 0.3 is 0 Å². The Bertz CT molecular complexity index is 277. The lowest BCUT2D eigenvalue weighted by Gasteiger charge is -2.18. The molecule has 0 unspecified atom stereocenters. The average molecular weight is 178 g/mol. The Kier molecular flexibility index (Phi) is 3.46. The van der Waals surface area contributed by atoms with E-state index in [4.69, 9.17) is 0 Å². The first-order valence-corrected chi connectivity index (χ1v) is 4.60. The van der Waals surface area contributed by atoms with Gasteiger partial charge in [-0.05, 0) is 39.1 Å². The van der Waals surface area contributed by atoms with E-state index >= 15 is 0 Å². The highest BCUT2D eigenvalue weighted by Gasteiger charge is 2.07. The zero-order valence-electron chi connectivity index (χ0n) is 8.81. The summed E-state index contributed by atoms with van der Waals surface area (Å²) in [5.41, 5.74) is 3.96. The van der Waals surface area contributed by atoms with Crippen molar-refractivity contribution in [3.8, 4) is 0 Å². The number of aryl methyl sites for hydroxylation is 2. The van der Waals surface area contributed by atoms with Gasteiger partial charge in [0.25, 0.3) is 0 Å². The van der Waals surface area contributed by atoms with E-state index in [2.05, 4.69) is 42.7 Å². The zero-order chi connectivity index (χ0) is 9.84. The highest BCUT2D eigenvalue weighted by atomic mass is 15.1. The normalized spacial score (nSPS) is 10.8. The predicted molar refractivity (Wildman–Crippen MR) is 56.8 cm³/mol. The van der Waals surface area contributed by atoms with Gasteiger partial charge in [-0.25, -0.2) is 0 Å². The summed E-state index contributed by atoms with van der Waals surface area (Å²) >= 11 is 0. The van der Waals surface area contributed by atoms with E-state index in [0.717, 1.165) is 0 Å². The first-order chi connectivity index (χ1) is 6.19. The molecule has 1 aromatic carbocycles. The fourth-order valence-corrected chi connectivity index (χ4v) is 1.60. The van der Waals surface area contributed by atoms with E-state index < -0.39 is 0 Å². The lowest BCUT2D eigenvalue weighted by molar-refractivity contribution is 0.517. The second-order valence-electron chi connectivity index (χ2n) is 3.37. The van der Waals surface area contributed by atoms with E-state index in [-0.39, 0.29) is 6.17 Å². The topological polar surface area (TPSA) is 24.1 Å². The standard InChI is InChI=1S/C11H18N2/c1-8-5-6-10(9(2)7-8)11(12-3)13-4/h5-7,11-13H,1-4H3. The van der Waals surface area contributed by atoms with Gasteiger partial charge in [0.05, 0.1) is 6.17 Å². The first kappa shape index (κ1) is 10.2. The molecule has 0 aliphatic carbocycles. The molecule has 0 spiro atoms. The molecule has 13 heavy (non-hydrogen) atoms. The molecule has 0 radical (unpaired) electrons. The SMILES string of the molecule is CNC(NC)c1ccc(C)cc1C. The number of nitrogens with one attached hydrogen (secondary N) is 2.